The molecule has 0 aliphatic carbocycles. The highest BCUT2D eigenvalue weighted by Crippen LogP contribution is 2.22. The average molecular weight is 198 g/mol. The van der Waals surface area contributed by atoms with Crippen molar-refractivity contribution in [2.75, 3.05) is 5.32 Å². The maximum atomic E-state index is 11.3. The molecule has 1 radical (unpaired) electrons. The minimum atomic E-state index is -0.0775. The van der Waals surface area contributed by atoms with Crippen LogP contribution in [0.2, 0.25) is 0 Å². The van der Waals surface area contributed by atoms with Gasteiger partial charge in [-0.05, 0) is 11.5 Å². The fraction of sp³-hybridized carbons (Fsp3) is 0.0769. The number of carbonyl (C=O) groups is 1. The van der Waals surface area contributed by atoms with Crippen LogP contribution in [-0.2, 0) is 4.79 Å². The van der Waals surface area contributed by atoms with E-state index in [1.54, 1.807) is 6.92 Å². The maximum Gasteiger partial charge on any atom is 0.228 e. The van der Waals surface area contributed by atoms with Gasteiger partial charge >= 0.3 is 0 Å². The molecule has 2 heteroatoms. The minimum Gasteiger partial charge on any atom is -0.325 e. The lowest BCUT2D eigenvalue weighted by atomic mass is 10.1. The van der Waals surface area contributed by atoms with Crippen LogP contribution in [0.3, 0.4) is 0 Å². The van der Waals surface area contributed by atoms with Crippen LogP contribution < -0.4 is 5.32 Å². The average Bonchev–Trinajstić information content (AvgIpc) is 2.29. The van der Waals surface area contributed by atoms with E-state index in [4.69, 9.17) is 0 Å². The third-order valence-corrected chi connectivity index (χ3v) is 2.31. The molecule has 2 rings (SSSR count). The number of hydrogen-bond acceptors (Lipinski definition) is 1. The lowest BCUT2D eigenvalue weighted by molar-refractivity contribution is -0.113. The van der Waals surface area contributed by atoms with Gasteiger partial charge in [-0.2, -0.15) is 0 Å². The van der Waals surface area contributed by atoms with Crippen molar-refractivity contribution in [1.82, 2.24) is 0 Å². The molecular weight excluding hydrogens is 186 g/mol. The molecule has 15 heavy (non-hydrogen) atoms. The van der Waals surface area contributed by atoms with Gasteiger partial charge in [0.05, 0.1) is 0 Å². The summed E-state index contributed by atoms with van der Waals surface area (Å²) < 4.78 is 0. The van der Waals surface area contributed by atoms with Crippen molar-refractivity contribution < 1.29 is 4.79 Å². The van der Waals surface area contributed by atoms with Gasteiger partial charge in [0.1, 0.15) is 0 Å². The van der Waals surface area contributed by atoms with Gasteiger partial charge in [-0.3, -0.25) is 4.79 Å². The van der Waals surface area contributed by atoms with E-state index in [-0.39, 0.29) is 5.91 Å². The van der Waals surface area contributed by atoms with Crippen molar-refractivity contribution in [1.29, 1.82) is 0 Å². The Hall–Kier alpha value is -1.83. The second-order valence-corrected chi connectivity index (χ2v) is 3.30. The molecule has 2 nitrogen and oxygen atoms in total. The SMILES string of the molecule is C[CH]C(=O)Nc1cccc2ccccc12. The molecule has 0 spiro atoms. The molecule has 2 aromatic rings. The Morgan fingerprint density at radius 2 is 1.87 bits per heavy atom. The molecule has 0 heterocycles. The van der Waals surface area contributed by atoms with Crippen molar-refractivity contribution in [2.24, 2.45) is 0 Å². The summed E-state index contributed by atoms with van der Waals surface area (Å²) in [7, 11) is 0. The summed E-state index contributed by atoms with van der Waals surface area (Å²) in [4.78, 5) is 11.3. The number of amides is 1. The highest BCUT2D eigenvalue weighted by molar-refractivity contribution is 6.04. The molecule has 0 unspecified atom stereocenters. The van der Waals surface area contributed by atoms with Gasteiger partial charge in [0.25, 0.3) is 0 Å². The number of nitrogens with one attached hydrogen (secondary N) is 1. The molecule has 0 bridgehead atoms. The Labute approximate surface area is 88.9 Å². The van der Waals surface area contributed by atoms with Crippen molar-refractivity contribution in [3.63, 3.8) is 0 Å². The summed E-state index contributed by atoms with van der Waals surface area (Å²) in [6.07, 6.45) is 1.52. The zero-order valence-corrected chi connectivity index (χ0v) is 8.53. The van der Waals surface area contributed by atoms with E-state index >= 15 is 0 Å². The highest BCUT2D eigenvalue weighted by Gasteiger charge is 2.02. The number of hydrogen-bond donors (Lipinski definition) is 1. The van der Waals surface area contributed by atoms with Crippen LogP contribution in [0.4, 0.5) is 5.69 Å². The molecule has 1 N–H and O–H groups in total. The number of rotatable bonds is 2. The third kappa shape index (κ3) is 1.99. The van der Waals surface area contributed by atoms with E-state index < -0.39 is 0 Å². The van der Waals surface area contributed by atoms with Gasteiger partial charge in [-0.1, -0.05) is 43.3 Å². The van der Waals surface area contributed by atoms with Crippen molar-refractivity contribution in [3.8, 4) is 0 Å². The van der Waals surface area contributed by atoms with E-state index in [2.05, 4.69) is 5.32 Å². The molecule has 0 saturated heterocycles. The van der Waals surface area contributed by atoms with Crippen molar-refractivity contribution in [3.05, 3.63) is 48.9 Å². The van der Waals surface area contributed by atoms with Gasteiger partial charge in [0.15, 0.2) is 0 Å². The molecule has 0 saturated carbocycles. The monoisotopic (exact) mass is 198 g/mol. The topological polar surface area (TPSA) is 29.1 Å². The lowest BCUT2D eigenvalue weighted by Crippen LogP contribution is -2.10. The van der Waals surface area contributed by atoms with E-state index in [1.165, 1.54) is 6.42 Å². The van der Waals surface area contributed by atoms with Crippen LogP contribution in [0.5, 0.6) is 0 Å². The summed E-state index contributed by atoms with van der Waals surface area (Å²) in [5.41, 5.74) is 0.858. The zero-order chi connectivity index (χ0) is 10.7. The molecule has 1 amide bonds. The summed E-state index contributed by atoms with van der Waals surface area (Å²) in [5.74, 6) is -0.0775. The molecule has 0 aliphatic heterocycles. The first-order chi connectivity index (χ1) is 7.31. The van der Waals surface area contributed by atoms with Crippen LogP contribution in [0.1, 0.15) is 6.92 Å². The Bertz CT molecular complexity index is 485. The molecule has 0 fully saturated rings. The van der Waals surface area contributed by atoms with E-state index in [1.807, 2.05) is 42.5 Å². The van der Waals surface area contributed by atoms with Crippen LogP contribution >= 0.6 is 0 Å². The molecule has 0 aromatic heterocycles. The second kappa shape index (κ2) is 4.13. The predicted octanol–water partition coefficient (Wildman–Crippen LogP) is 3.00. The second-order valence-electron chi connectivity index (χ2n) is 3.30. The van der Waals surface area contributed by atoms with Gasteiger partial charge < -0.3 is 5.32 Å². The van der Waals surface area contributed by atoms with Gasteiger partial charge in [0, 0.05) is 17.5 Å². The van der Waals surface area contributed by atoms with Crippen molar-refractivity contribution in [2.45, 2.75) is 6.92 Å². The van der Waals surface area contributed by atoms with Crippen LogP contribution in [0.25, 0.3) is 10.8 Å². The standard InChI is InChI=1S/C13H12NO/c1-2-13(15)14-12-9-5-7-10-6-3-4-8-11(10)12/h2-9H,1H3,(H,14,15). The predicted molar refractivity (Wildman–Crippen MR) is 62.6 cm³/mol. The fourth-order valence-corrected chi connectivity index (χ4v) is 1.54. The normalized spacial score (nSPS) is 10.2. The van der Waals surface area contributed by atoms with Crippen LogP contribution in [-0.4, -0.2) is 5.91 Å². The Balaban J connectivity index is 2.46. The third-order valence-electron chi connectivity index (χ3n) is 2.31. The molecule has 2 aromatic carbocycles. The molecular formula is C13H12NO. The molecule has 0 aliphatic rings. The molecule has 0 atom stereocenters. The van der Waals surface area contributed by atoms with Crippen LogP contribution in [0.15, 0.2) is 42.5 Å². The van der Waals surface area contributed by atoms with E-state index in [0.29, 0.717) is 0 Å². The zero-order valence-electron chi connectivity index (χ0n) is 8.53. The number of carbonyl (C=O) groups excluding carboxylic acids is 1. The first-order valence-electron chi connectivity index (χ1n) is 4.89. The van der Waals surface area contributed by atoms with E-state index in [9.17, 15) is 4.79 Å². The van der Waals surface area contributed by atoms with Crippen LogP contribution in [0, 0.1) is 6.42 Å². The van der Waals surface area contributed by atoms with Gasteiger partial charge in [0.2, 0.25) is 5.91 Å². The summed E-state index contributed by atoms with van der Waals surface area (Å²) in [6.45, 7) is 1.72. The fourth-order valence-electron chi connectivity index (χ4n) is 1.54. The quantitative estimate of drug-likeness (QED) is 0.789. The lowest BCUT2D eigenvalue weighted by Gasteiger charge is -2.07. The highest BCUT2D eigenvalue weighted by atomic mass is 16.1. The number of fused-ring (bicyclic) bond motifs is 1. The largest absolute Gasteiger partial charge is 0.325 e. The minimum absolute atomic E-state index is 0.0775. The van der Waals surface area contributed by atoms with Gasteiger partial charge in [-0.15, -0.1) is 0 Å². The Kier molecular flexibility index (Phi) is 2.68. The maximum absolute atomic E-state index is 11.3. The summed E-state index contributed by atoms with van der Waals surface area (Å²) >= 11 is 0. The number of benzene rings is 2. The van der Waals surface area contributed by atoms with E-state index in [0.717, 1.165) is 16.5 Å². The smallest absolute Gasteiger partial charge is 0.228 e. The van der Waals surface area contributed by atoms with Gasteiger partial charge in [-0.25, -0.2) is 0 Å². The Morgan fingerprint density at radius 3 is 2.67 bits per heavy atom. The van der Waals surface area contributed by atoms with Crippen molar-refractivity contribution >= 4 is 22.4 Å². The summed E-state index contributed by atoms with van der Waals surface area (Å²) in [6, 6.07) is 13.9. The Morgan fingerprint density at radius 1 is 1.13 bits per heavy atom. The number of anilines is 1. The summed E-state index contributed by atoms with van der Waals surface area (Å²) in [5, 5.41) is 5.04. The molecule has 75 valence electrons. The first-order valence-corrected chi connectivity index (χ1v) is 4.89. The first kappa shape index (κ1) is 9.71.